The molecule has 0 heterocycles. The summed E-state index contributed by atoms with van der Waals surface area (Å²) < 4.78 is 25.2. The number of hydrogen-bond acceptors (Lipinski definition) is 3. The highest BCUT2D eigenvalue weighted by Crippen LogP contribution is 2.21. The molecule has 0 N–H and O–H groups in total. The molecule has 0 radical (unpaired) electrons. The summed E-state index contributed by atoms with van der Waals surface area (Å²) in [6.45, 7) is 0. The Morgan fingerprint density at radius 2 is 1.46 bits per heavy atom. The Balaban J connectivity index is 2.16. The summed E-state index contributed by atoms with van der Waals surface area (Å²) in [4.78, 5) is 15.4. The van der Waals surface area contributed by atoms with Crippen molar-refractivity contribution in [2.45, 2.75) is 4.90 Å². The van der Waals surface area contributed by atoms with Crippen LogP contribution in [0.4, 0.5) is 0 Å². The number of rotatable bonds is 3. The van der Waals surface area contributed by atoms with Crippen LogP contribution in [0.15, 0.2) is 77.7 Å². The van der Waals surface area contributed by atoms with E-state index in [0.717, 1.165) is 5.39 Å². The van der Waals surface area contributed by atoms with Crippen LogP contribution in [-0.2, 0) is 9.84 Å². The Morgan fingerprint density at radius 1 is 0.833 bits per heavy atom. The molecule has 0 bridgehead atoms. The first-order chi connectivity index (χ1) is 11.6. The number of carbonyl (C=O) groups excluding carboxylic acids is 1. The number of hydrogen-bond donors (Lipinski definition) is 0. The number of nitrogens with zero attached hydrogens (tertiary/aromatic N) is 2. The summed E-state index contributed by atoms with van der Waals surface area (Å²) in [5.74, 6) is -0.849. The second-order valence-electron chi connectivity index (χ2n) is 5.08. The van der Waals surface area contributed by atoms with E-state index >= 15 is 0 Å². The summed E-state index contributed by atoms with van der Waals surface area (Å²) in [5, 5.41) is 0.484. The van der Waals surface area contributed by atoms with Crippen LogP contribution in [0.25, 0.3) is 16.3 Å². The molecule has 0 saturated heterocycles. The van der Waals surface area contributed by atoms with Gasteiger partial charge in [-0.3, -0.25) is 4.79 Å². The fraction of sp³-hybridized carbons (Fsp3) is 0. The van der Waals surface area contributed by atoms with Gasteiger partial charge in [-0.2, -0.15) is 0 Å². The van der Waals surface area contributed by atoms with E-state index < -0.39 is 20.7 Å². The zero-order chi connectivity index (χ0) is 17.2. The minimum Gasteiger partial charge on any atom is -0.360 e. The molecule has 0 aromatic heterocycles. The first-order valence-electron chi connectivity index (χ1n) is 7.10. The van der Waals surface area contributed by atoms with Crippen LogP contribution in [-0.4, -0.2) is 24.0 Å². The molecule has 0 saturated carbocycles. The lowest BCUT2D eigenvalue weighted by Crippen LogP contribution is -2.26. The number of carbonyl (C=O) groups is 1. The Bertz CT molecular complexity index is 1080. The van der Waals surface area contributed by atoms with Crippen molar-refractivity contribution in [3.8, 4) is 0 Å². The van der Waals surface area contributed by atoms with Crippen LogP contribution in [0.1, 0.15) is 10.4 Å². The number of fused-ring (bicyclic) bond motifs is 1. The van der Waals surface area contributed by atoms with Crippen LogP contribution in [0.3, 0.4) is 0 Å². The fourth-order valence-corrected chi connectivity index (χ4v) is 3.67. The quantitative estimate of drug-likeness (QED) is 0.242. The summed E-state index contributed by atoms with van der Waals surface area (Å²) in [6, 6.07) is 19.5. The molecule has 0 aliphatic rings. The number of sulfone groups is 1. The average Bonchev–Trinajstić information content (AvgIpc) is 2.62. The summed E-state index contributed by atoms with van der Waals surface area (Å²) >= 11 is 0. The van der Waals surface area contributed by atoms with Crippen molar-refractivity contribution in [2.24, 2.45) is 0 Å². The molecule has 0 aliphatic carbocycles. The van der Waals surface area contributed by atoms with Gasteiger partial charge in [0.15, 0.2) is 0 Å². The predicted octanol–water partition coefficient (Wildman–Crippen LogP) is 3.12. The third-order valence-corrected chi connectivity index (χ3v) is 5.30. The molecule has 0 amide bonds. The monoisotopic (exact) mass is 336 g/mol. The lowest BCUT2D eigenvalue weighted by molar-refractivity contribution is -0.00156. The Hall–Kier alpha value is -3.08. The molecule has 0 fully saturated rings. The Morgan fingerprint density at radius 3 is 2.17 bits per heavy atom. The van der Waals surface area contributed by atoms with E-state index in [-0.39, 0.29) is 10.5 Å². The second-order valence-corrected chi connectivity index (χ2v) is 6.94. The van der Waals surface area contributed by atoms with Gasteiger partial charge in [-0.15, -0.1) is 4.79 Å². The van der Waals surface area contributed by atoms with Crippen molar-refractivity contribution in [3.63, 3.8) is 0 Å². The van der Waals surface area contributed by atoms with Gasteiger partial charge in [0, 0.05) is 5.56 Å². The average molecular weight is 336 g/mol. The number of Topliss-reactive ketones (excluding diaryl/α,β-unsaturated/α-hetero) is 1. The zero-order valence-electron chi connectivity index (χ0n) is 12.5. The van der Waals surface area contributed by atoms with E-state index in [1.54, 1.807) is 24.3 Å². The molecule has 3 rings (SSSR count). The minimum absolute atomic E-state index is 0.105. The van der Waals surface area contributed by atoms with Crippen molar-refractivity contribution in [3.05, 3.63) is 83.9 Å². The van der Waals surface area contributed by atoms with Crippen molar-refractivity contribution < 1.29 is 18.0 Å². The summed E-state index contributed by atoms with van der Waals surface area (Å²) in [5.41, 5.74) is 9.38. The fourth-order valence-electron chi connectivity index (χ4n) is 2.47. The van der Waals surface area contributed by atoms with Gasteiger partial charge in [0.2, 0.25) is 0 Å². The number of benzene rings is 3. The van der Waals surface area contributed by atoms with Crippen LogP contribution >= 0.6 is 0 Å². The first kappa shape index (κ1) is 15.8. The largest absolute Gasteiger partial charge is 0.456 e. The molecule has 0 atom stereocenters. The van der Waals surface area contributed by atoms with Gasteiger partial charge in [0.1, 0.15) is 0 Å². The topological polar surface area (TPSA) is 87.6 Å². The molecular weight excluding hydrogens is 324 g/mol. The first-order valence-corrected chi connectivity index (χ1v) is 8.58. The van der Waals surface area contributed by atoms with Gasteiger partial charge in [0.05, 0.1) is 4.90 Å². The molecule has 0 unspecified atom stereocenters. The third kappa shape index (κ3) is 2.65. The van der Waals surface area contributed by atoms with E-state index in [4.69, 9.17) is 0 Å². The van der Waals surface area contributed by atoms with Crippen molar-refractivity contribution >= 4 is 31.4 Å². The van der Waals surface area contributed by atoms with E-state index in [1.807, 2.05) is 18.2 Å². The highest BCUT2D eigenvalue weighted by atomic mass is 32.2. The number of ketones is 1. The highest BCUT2D eigenvalue weighted by Gasteiger charge is 2.38. The van der Waals surface area contributed by atoms with Gasteiger partial charge in [-0.25, -0.2) is 8.42 Å². The predicted molar refractivity (Wildman–Crippen MR) is 90.5 cm³/mol. The zero-order valence-corrected chi connectivity index (χ0v) is 13.3. The van der Waals surface area contributed by atoms with Crippen molar-refractivity contribution in [2.75, 3.05) is 0 Å². The summed E-state index contributed by atoms with van der Waals surface area (Å²) in [6.07, 6.45) is 0. The minimum atomic E-state index is -4.22. The van der Waals surface area contributed by atoms with E-state index in [0.29, 0.717) is 5.39 Å². The van der Waals surface area contributed by atoms with Crippen molar-refractivity contribution in [1.82, 2.24) is 0 Å². The maximum atomic E-state index is 12.7. The molecule has 6 heteroatoms. The van der Waals surface area contributed by atoms with Crippen LogP contribution in [0, 0.1) is 0 Å². The molecule has 118 valence electrons. The van der Waals surface area contributed by atoms with Crippen LogP contribution in [0.2, 0.25) is 0 Å². The summed E-state index contributed by atoms with van der Waals surface area (Å²) in [7, 11) is -4.22. The van der Waals surface area contributed by atoms with Gasteiger partial charge in [-0.1, -0.05) is 60.7 Å². The van der Waals surface area contributed by atoms with E-state index in [9.17, 15) is 18.7 Å². The van der Waals surface area contributed by atoms with Gasteiger partial charge in [-0.05, 0) is 22.9 Å². The maximum absolute atomic E-state index is 12.7. The molecule has 5 nitrogen and oxygen atoms in total. The van der Waals surface area contributed by atoms with Gasteiger partial charge in [0.25, 0.3) is 15.6 Å². The smallest absolute Gasteiger partial charge is 0.360 e. The van der Waals surface area contributed by atoms with E-state index in [2.05, 4.69) is 4.79 Å². The Labute approximate surface area is 138 Å². The maximum Gasteiger partial charge on any atom is 0.456 e. The SMILES string of the molecule is [N-]=[N+]=C(C(=O)c1cccc2ccccc12)S(=O)(=O)c1ccccc1. The van der Waals surface area contributed by atoms with Gasteiger partial charge >= 0.3 is 5.04 Å². The van der Waals surface area contributed by atoms with Gasteiger partial charge < -0.3 is 5.53 Å². The molecule has 3 aromatic carbocycles. The normalized spacial score (nSPS) is 11.0. The standard InChI is InChI=1S/C18H12N2O3S/c19-20-18(24(22,23)14-9-2-1-3-10-14)17(21)16-12-6-8-13-7-4-5-11-15(13)16/h1-12H. The van der Waals surface area contributed by atoms with Crippen LogP contribution < -0.4 is 0 Å². The Kier molecular flexibility index (Phi) is 4.08. The third-order valence-electron chi connectivity index (χ3n) is 3.63. The lowest BCUT2D eigenvalue weighted by Gasteiger charge is -2.04. The molecule has 3 aromatic rings. The second kappa shape index (κ2) is 6.20. The van der Waals surface area contributed by atoms with Crippen molar-refractivity contribution in [1.29, 1.82) is 0 Å². The molecule has 0 spiro atoms. The molecule has 24 heavy (non-hydrogen) atoms. The van der Waals surface area contributed by atoms with Crippen LogP contribution in [0.5, 0.6) is 0 Å². The highest BCUT2D eigenvalue weighted by molar-refractivity contribution is 8.08. The molecular formula is C18H12N2O3S. The molecule has 0 aliphatic heterocycles. The van der Waals surface area contributed by atoms with E-state index in [1.165, 1.54) is 30.3 Å². The lowest BCUT2D eigenvalue weighted by atomic mass is 10.0.